The summed E-state index contributed by atoms with van der Waals surface area (Å²) in [6, 6.07) is 0. The Balaban J connectivity index is 2.17. The van der Waals surface area contributed by atoms with E-state index in [0.717, 1.165) is 11.4 Å². The van der Waals surface area contributed by atoms with E-state index in [-0.39, 0.29) is 12.4 Å². The number of nitrogens with zero attached hydrogens (tertiary/aromatic N) is 2. The first-order valence-electron chi connectivity index (χ1n) is 7.08. The Kier molecular flexibility index (Phi) is 8.36. The molecule has 0 aliphatic heterocycles. The van der Waals surface area contributed by atoms with Gasteiger partial charge >= 0.3 is 0 Å². The van der Waals surface area contributed by atoms with Gasteiger partial charge in [0.2, 0.25) is 0 Å². The molecule has 9 heteroatoms. The van der Waals surface area contributed by atoms with Crippen LogP contribution in [-0.4, -0.2) is 58.2 Å². The molecule has 0 bridgehead atoms. The summed E-state index contributed by atoms with van der Waals surface area (Å²) in [4.78, 5) is 9.70. The second-order valence-electron chi connectivity index (χ2n) is 4.67. The average molecular weight is 348 g/mol. The molecular weight excluding hydrogens is 324 g/mol. The van der Waals surface area contributed by atoms with E-state index >= 15 is 0 Å². The zero-order valence-corrected chi connectivity index (χ0v) is 14.9. The molecule has 0 fully saturated rings. The molecular formula is C13H24N4O3S2. The van der Waals surface area contributed by atoms with Gasteiger partial charge in [0, 0.05) is 30.9 Å². The predicted octanol–water partition coefficient (Wildman–Crippen LogP) is 0.432. The highest BCUT2D eigenvalue weighted by Gasteiger charge is 2.03. The highest BCUT2D eigenvalue weighted by molar-refractivity contribution is 7.90. The lowest BCUT2D eigenvalue weighted by molar-refractivity contribution is 0.154. The number of hydrogen-bond acceptors (Lipinski definition) is 6. The van der Waals surface area contributed by atoms with E-state index in [1.807, 2.05) is 6.20 Å². The van der Waals surface area contributed by atoms with Crippen molar-refractivity contribution in [2.45, 2.75) is 19.9 Å². The van der Waals surface area contributed by atoms with Crippen molar-refractivity contribution in [1.29, 1.82) is 0 Å². The first-order valence-corrected chi connectivity index (χ1v) is 9.96. The molecule has 1 aromatic heterocycles. The van der Waals surface area contributed by atoms with Gasteiger partial charge in [-0.15, -0.1) is 11.3 Å². The summed E-state index contributed by atoms with van der Waals surface area (Å²) in [5.74, 6) is 0.712. The molecule has 1 heterocycles. The van der Waals surface area contributed by atoms with Crippen LogP contribution in [0.3, 0.4) is 0 Å². The van der Waals surface area contributed by atoms with Crippen LogP contribution >= 0.6 is 11.3 Å². The smallest absolute Gasteiger partial charge is 0.191 e. The number of ether oxygens (including phenoxy) is 1. The molecule has 0 saturated carbocycles. The Bertz CT molecular complexity index is 570. The lowest BCUT2D eigenvalue weighted by Gasteiger charge is -2.11. The van der Waals surface area contributed by atoms with Crippen LogP contribution in [0.5, 0.6) is 0 Å². The third-order valence-electron chi connectivity index (χ3n) is 2.72. The SMILES string of the molecule is CCc1cnc(CNC(=NC)NCCOCCS(C)(=O)=O)s1. The Morgan fingerprint density at radius 2 is 2.18 bits per heavy atom. The summed E-state index contributed by atoms with van der Waals surface area (Å²) in [7, 11) is -1.27. The van der Waals surface area contributed by atoms with Crippen molar-refractivity contribution in [1.82, 2.24) is 15.6 Å². The van der Waals surface area contributed by atoms with Gasteiger partial charge < -0.3 is 15.4 Å². The molecule has 0 saturated heterocycles. The zero-order chi connectivity index (χ0) is 16.4. The highest BCUT2D eigenvalue weighted by Crippen LogP contribution is 2.12. The van der Waals surface area contributed by atoms with Crippen LogP contribution < -0.4 is 10.6 Å². The number of aryl methyl sites for hydroxylation is 1. The summed E-state index contributed by atoms with van der Waals surface area (Å²) >= 11 is 1.68. The molecule has 0 amide bonds. The molecule has 0 atom stereocenters. The number of sulfone groups is 1. The zero-order valence-electron chi connectivity index (χ0n) is 13.3. The molecule has 0 aromatic carbocycles. The van der Waals surface area contributed by atoms with Gasteiger partial charge in [-0.2, -0.15) is 0 Å². The van der Waals surface area contributed by atoms with Crippen LogP contribution in [-0.2, 0) is 27.5 Å². The van der Waals surface area contributed by atoms with Crippen LogP contribution in [0.25, 0.3) is 0 Å². The van der Waals surface area contributed by atoms with Crippen molar-refractivity contribution in [3.63, 3.8) is 0 Å². The van der Waals surface area contributed by atoms with Crippen LogP contribution in [0.1, 0.15) is 16.8 Å². The van der Waals surface area contributed by atoms with Gasteiger partial charge in [0.15, 0.2) is 5.96 Å². The first-order chi connectivity index (χ1) is 10.4. The van der Waals surface area contributed by atoms with E-state index in [0.29, 0.717) is 25.7 Å². The van der Waals surface area contributed by atoms with Gasteiger partial charge in [-0.05, 0) is 6.42 Å². The molecule has 22 heavy (non-hydrogen) atoms. The largest absolute Gasteiger partial charge is 0.379 e. The van der Waals surface area contributed by atoms with Gasteiger partial charge in [-0.25, -0.2) is 13.4 Å². The summed E-state index contributed by atoms with van der Waals surface area (Å²) in [5.41, 5.74) is 0. The number of guanidine groups is 1. The van der Waals surface area contributed by atoms with Crippen molar-refractivity contribution in [2.75, 3.05) is 38.8 Å². The lowest BCUT2D eigenvalue weighted by atomic mass is 10.4. The molecule has 126 valence electrons. The van der Waals surface area contributed by atoms with E-state index in [1.165, 1.54) is 11.1 Å². The van der Waals surface area contributed by atoms with Crippen molar-refractivity contribution < 1.29 is 13.2 Å². The molecule has 0 aliphatic carbocycles. The summed E-state index contributed by atoms with van der Waals surface area (Å²) in [6.45, 7) is 3.93. The van der Waals surface area contributed by atoms with Crippen molar-refractivity contribution in [2.24, 2.45) is 4.99 Å². The van der Waals surface area contributed by atoms with Crippen molar-refractivity contribution in [3.05, 3.63) is 16.1 Å². The standard InChI is InChI=1S/C13H24N4O3S2/c1-4-11-9-16-12(21-11)10-17-13(14-2)15-5-6-20-7-8-22(3,18)19/h9H,4-8,10H2,1-3H3,(H2,14,15,17). The summed E-state index contributed by atoms with van der Waals surface area (Å²) < 4.78 is 27.1. The van der Waals surface area contributed by atoms with Gasteiger partial charge in [-0.1, -0.05) is 6.92 Å². The van der Waals surface area contributed by atoms with E-state index in [2.05, 4.69) is 27.5 Å². The van der Waals surface area contributed by atoms with Gasteiger partial charge in [0.05, 0.1) is 25.5 Å². The van der Waals surface area contributed by atoms with E-state index in [9.17, 15) is 8.42 Å². The van der Waals surface area contributed by atoms with Crippen molar-refractivity contribution in [3.8, 4) is 0 Å². The second-order valence-corrected chi connectivity index (χ2v) is 8.13. The minimum absolute atomic E-state index is 0.0454. The van der Waals surface area contributed by atoms with Crippen molar-refractivity contribution >= 4 is 27.1 Å². The molecule has 0 aliphatic rings. The number of aliphatic imine (C=N–C) groups is 1. The van der Waals surface area contributed by atoms with E-state index in [1.54, 1.807) is 18.4 Å². The molecule has 0 radical (unpaired) electrons. The van der Waals surface area contributed by atoms with Crippen LogP contribution in [0, 0.1) is 0 Å². The number of thiazole rings is 1. The predicted molar refractivity (Wildman–Crippen MR) is 90.2 cm³/mol. The van der Waals surface area contributed by atoms with Gasteiger partial charge in [-0.3, -0.25) is 4.99 Å². The monoisotopic (exact) mass is 348 g/mol. The minimum atomic E-state index is -2.96. The molecule has 1 rings (SSSR count). The number of hydrogen-bond donors (Lipinski definition) is 2. The maximum Gasteiger partial charge on any atom is 0.191 e. The number of aromatic nitrogens is 1. The first kappa shape index (κ1) is 18.9. The normalized spacial score (nSPS) is 12.4. The fraction of sp³-hybridized carbons (Fsp3) is 0.692. The third-order valence-corrected chi connectivity index (χ3v) is 4.77. The molecule has 2 N–H and O–H groups in total. The molecule has 0 unspecified atom stereocenters. The van der Waals surface area contributed by atoms with Gasteiger partial charge in [0.1, 0.15) is 14.8 Å². The highest BCUT2D eigenvalue weighted by atomic mass is 32.2. The fourth-order valence-corrected chi connectivity index (χ4v) is 2.75. The summed E-state index contributed by atoms with van der Waals surface area (Å²) in [5, 5.41) is 7.29. The fourth-order valence-electron chi connectivity index (χ4n) is 1.53. The quantitative estimate of drug-likeness (QED) is 0.382. The Hall–Kier alpha value is -1.19. The van der Waals surface area contributed by atoms with Gasteiger partial charge in [0.25, 0.3) is 0 Å². The number of rotatable bonds is 9. The van der Waals surface area contributed by atoms with E-state index < -0.39 is 9.84 Å². The molecule has 1 aromatic rings. The maximum absolute atomic E-state index is 10.9. The van der Waals surface area contributed by atoms with Crippen LogP contribution in [0.4, 0.5) is 0 Å². The molecule has 0 spiro atoms. The maximum atomic E-state index is 10.9. The average Bonchev–Trinajstić information content (AvgIpc) is 2.92. The Labute approximate surface area is 136 Å². The molecule has 7 nitrogen and oxygen atoms in total. The lowest BCUT2D eigenvalue weighted by Crippen LogP contribution is -2.38. The number of nitrogens with one attached hydrogen (secondary N) is 2. The van der Waals surface area contributed by atoms with E-state index in [4.69, 9.17) is 4.74 Å². The summed E-state index contributed by atoms with van der Waals surface area (Å²) in [6.07, 6.45) is 4.09. The van der Waals surface area contributed by atoms with Crippen LogP contribution in [0.2, 0.25) is 0 Å². The topological polar surface area (TPSA) is 92.7 Å². The second kappa shape index (κ2) is 9.75. The Morgan fingerprint density at radius 3 is 2.77 bits per heavy atom. The third kappa shape index (κ3) is 8.30. The Morgan fingerprint density at radius 1 is 1.41 bits per heavy atom. The van der Waals surface area contributed by atoms with Crippen LogP contribution in [0.15, 0.2) is 11.2 Å². The minimum Gasteiger partial charge on any atom is -0.379 e.